The van der Waals surface area contributed by atoms with E-state index in [1.54, 1.807) is 0 Å². The van der Waals surface area contributed by atoms with E-state index >= 15 is 0 Å². The van der Waals surface area contributed by atoms with Gasteiger partial charge in [-0.15, -0.1) is 0 Å². The summed E-state index contributed by atoms with van der Waals surface area (Å²) in [5, 5.41) is 11.4. The molecule has 0 aromatic carbocycles. The molecule has 0 aliphatic heterocycles. The number of hydrogen-bond acceptors (Lipinski definition) is 1. The molecule has 17 heavy (non-hydrogen) atoms. The summed E-state index contributed by atoms with van der Waals surface area (Å²) in [6, 6.07) is 0. The van der Waals surface area contributed by atoms with Gasteiger partial charge in [-0.2, -0.15) is 0 Å². The average molecular weight is 236 g/mol. The second-order valence-electron chi connectivity index (χ2n) is 7.25. The van der Waals surface area contributed by atoms with Crippen LogP contribution in [0, 0.1) is 16.2 Å². The summed E-state index contributed by atoms with van der Waals surface area (Å²) < 4.78 is 0. The molecule has 0 heterocycles. The van der Waals surface area contributed by atoms with E-state index < -0.39 is 5.60 Å². The van der Waals surface area contributed by atoms with E-state index in [-0.39, 0.29) is 16.2 Å². The third-order valence-electron chi connectivity index (χ3n) is 7.18. The largest absolute Gasteiger partial charge is 0.388 e. The second kappa shape index (κ2) is 3.17. The van der Waals surface area contributed by atoms with Crippen molar-refractivity contribution in [2.75, 3.05) is 0 Å². The van der Waals surface area contributed by atoms with E-state index in [4.69, 9.17) is 0 Å². The van der Waals surface area contributed by atoms with Crippen molar-refractivity contribution >= 4 is 0 Å². The van der Waals surface area contributed by atoms with E-state index in [1.807, 2.05) is 0 Å². The predicted octanol–water partition coefficient (Wildman–Crippen LogP) is 4.31. The Hall–Kier alpha value is -0.300. The fraction of sp³-hybridized carbons (Fsp3) is 0.875. The number of fused-ring (bicyclic) bond motifs is 2. The SMILES string of the molecule is CCC1(O)C2(C)CCC(C)(C(C)=C2C)C1(C)C. The van der Waals surface area contributed by atoms with Gasteiger partial charge in [0.2, 0.25) is 0 Å². The third-order valence-corrected chi connectivity index (χ3v) is 7.18. The number of rotatable bonds is 1. The van der Waals surface area contributed by atoms with Gasteiger partial charge in [0, 0.05) is 10.8 Å². The van der Waals surface area contributed by atoms with Crippen LogP contribution in [0.1, 0.15) is 67.7 Å². The van der Waals surface area contributed by atoms with Gasteiger partial charge in [0.25, 0.3) is 0 Å². The Bertz CT molecular complexity index is 392. The monoisotopic (exact) mass is 236 g/mol. The molecule has 98 valence electrons. The van der Waals surface area contributed by atoms with Crippen molar-refractivity contribution in [3.05, 3.63) is 11.1 Å². The highest BCUT2D eigenvalue weighted by Crippen LogP contribution is 2.71. The first-order valence-corrected chi connectivity index (χ1v) is 6.99. The van der Waals surface area contributed by atoms with Crippen molar-refractivity contribution in [3.63, 3.8) is 0 Å². The third kappa shape index (κ3) is 1.06. The van der Waals surface area contributed by atoms with Gasteiger partial charge < -0.3 is 5.11 Å². The highest BCUT2D eigenvalue weighted by Gasteiger charge is 2.69. The van der Waals surface area contributed by atoms with Crippen LogP contribution in [0.3, 0.4) is 0 Å². The quantitative estimate of drug-likeness (QED) is 0.673. The molecule has 1 heteroatoms. The maximum Gasteiger partial charge on any atom is 0.0794 e. The number of aliphatic hydroxyl groups is 1. The zero-order valence-electron chi connectivity index (χ0n) is 12.6. The van der Waals surface area contributed by atoms with Crippen molar-refractivity contribution in [3.8, 4) is 0 Å². The van der Waals surface area contributed by atoms with Crippen LogP contribution >= 0.6 is 0 Å². The Labute approximate surface area is 106 Å². The lowest BCUT2D eigenvalue weighted by atomic mass is 9.36. The van der Waals surface area contributed by atoms with Gasteiger partial charge in [-0.3, -0.25) is 0 Å². The van der Waals surface area contributed by atoms with Crippen molar-refractivity contribution in [2.45, 2.75) is 73.3 Å². The normalized spacial score (nSPS) is 48.7. The Kier molecular flexibility index (Phi) is 2.45. The molecule has 3 aliphatic carbocycles. The average Bonchev–Trinajstić information content (AvgIpc) is 2.28. The van der Waals surface area contributed by atoms with Gasteiger partial charge in [-0.05, 0) is 38.5 Å². The van der Waals surface area contributed by atoms with Gasteiger partial charge >= 0.3 is 0 Å². The van der Waals surface area contributed by atoms with Gasteiger partial charge in [-0.25, -0.2) is 0 Å². The van der Waals surface area contributed by atoms with Crippen LogP contribution in [0.5, 0.6) is 0 Å². The molecule has 1 saturated carbocycles. The minimum atomic E-state index is -0.573. The summed E-state index contributed by atoms with van der Waals surface area (Å²) >= 11 is 0. The molecule has 3 unspecified atom stereocenters. The standard InChI is InChI=1S/C16H28O/c1-8-16(17)13(4,5)14(6)9-10-15(16,7)12(3)11(14)2/h17H,8-10H2,1-7H3. The summed E-state index contributed by atoms with van der Waals surface area (Å²) in [5.74, 6) is 0. The molecule has 0 amide bonds. The lowest BCUT2D eigenvalue weighted by Gasteiger charge is -2.70. The van der Waals surface area contributed by atoms with Gasteiger partial charge in [0.05, 0.1) is 5.60 Å². The van der Waals surface area contributed by atoms with Crippen LogP contribution in [0.15, 0.2) is 11.1 Å². The van der Waals surface area contributed by atoms with Gasteiger partial charge in [-0.1, -0.05) is 45.8 Å². The molecule has 2 bridgehead atoms. The minimum Gasteiger partial charge on any atom is -0.388 e. The molecule has 0 radical (unpaired) electrons. The summed E-state index contributed by atoms with van der Waals surface area (Å²) in [5.41, 5.74) is 2.46. The van der Waals surface area contributed by atoms with Crippen molar-refractivity contribution in [1.82, 2.24) is 0 Å². The van der Waals surface area contributed by atoms with Gasteiger partial charge in [0.15, 0.2) is 0 Å². The second-order valence-corrected chi connectivity index (χ2v) is 7.25. The van der Waals surface area contributed by atoms with Crippen LogP contribution < -0.4 is 0 Å². The predicted molar refractivity (Wildman–Crippen MR) is 72.8 cm³/mol. The van der Waals surface area contributed by atoms with Crippen LogP contribution in [-0.2, 0) is 0 Å². The summed E-state index contributed by atoms with van der Waals surface area (Å²) in [7, 11) is 0. The van der Waals surface area contributed by atoms with E-state index in [0.717, 1.165) is 12.8 Å². The van der Waals surface area contributed by atoms with Crippen molar-refractivity contribution in [2.24, 2.45) is 16.2 Å². The maximum atomic E-state index is 11.4. The van der Waals surface area contributed by atoms with E-state index in [2.05, 4.69) is 48.5 Å². The molecule has 0 spiro atoms. The van der Waals surface area contributed by atoms with Gasteiger partial charge in [0.1, 0.15) is 0 Å². The van der Waals surface area contributed by atoms with Crippen LogP contribution in [-0.4, -0.2) is 10.7 Å². The Balaban J connectivity index is 2.79. The van der Waals surface area contributed by atoms with Crippen molar-refractivity contribution < 1.29 is 5.11 Å². The fourth-order valence-corrected chi connectivity index (χ4v) is 4.98. The smallest absolute Gasteiger partial charge is 0.0794 e. The molecule has 1 N–H and O–H groups in total. The minimum absolute atomic E-state index is 0.0346. The molecule has 3 aliphatic rings. The first-order chi connectivity index (χ1) is 7.58. The molecule has 0 aromatic heterocycles. The van der Waals surface area contributed by atoms with E-state index in [1.165, 1.54) is 17.6 Å². The molecule has 3 rings (SSSR count). The van der Waals surface area contributed by atoms with Crippen LogP contribution in [0.25, 0.3) is 0 Å². The molecule has 0 aromatic rings. The van der Waals surface area contributed by atoms with Crippen LogP contribution in [0.2, 0.25) is 0 Å². The topological polar surface area (TPSA) is 20.2 Å². The van der Waals surface area contributed by atoms with E-state index in [0.29, 0.717) is 0 Å². The summed E-state index contributed by atoms with van der Waals surface area (Å²) in [6.07, 6.45) is 3.18. The molecule has 0 saturated heterocycles. The summed E-state index contributed by atoms with van der Waals surface area (Å²) in [6.45, 7) is 15.8. The highest BCUT2D eigenvalue weighted by atomic mass is 16.3. The highest BCUT2D eigenvalue weighted by molar-refractivity contribution is 5.40. The molecule has 1 fully saturated rings. The molecular weight excluding hydrogens is 208 g/mol. The molecule has 3 atom stereocenters. The number of hydrogen-bond donors (Lipinski definition) is 1. The lowest BCUT2D eigenvalue weighted by molar-refractivity contribution is -0.227. The van der Waals surface area contributed by atoms with Crippen molar-refractivity contribution in [1.29, 1.82) is 0 Å². The number of allylic oxidation sites excluding steroid dienone is 1. The zero-order valence-corrected chi connectivity index (χ0v) is 12.6. The Morgan fingerprint density at radius 3 is 1.82 bits per heavy atom. The zero-order chi connectivity index (χ0) is 13.3. The first kappa shape index (κ1) is 13.1. The Morgan fingerprint density at radius 1 is 0.941 bits per heavy atom. The molecular formula is C16H28O. The molecule has 1 nitrogen and oxygen atoms in total. The van der Waals surface area contributed by atoms with E-state index in [9.17, 15) is 5.11 Å². The lowest BCUT2D eigenvalue weighted by Crippen LogP contribution is -2.69. The van der Waals surface area contributed by atoms with Crippen LogP contribution in [0.4, 0.5) is 0 Å². The first-order valence-electron chi connectivity index (χ1n) is 6.99. The fourth-order valence-electron chi connectivity index (χ4n) is 4.98. The summed E-state index contributed by atoms with van der Waals surface area (Å²) in [4.78, 5) is 0. The Morgan fingerprint density at radius 2 is 1.35 bits per heavy atom. The maximum absolute atomic E-state index is 11.4.